The van der Waals surface area contributed by atoms with E-state index in [0.717, 1.165) is 10.3 Å². The predicted molar refractivity (Wildman–Crippen MR) is 81.0 cm³/mol. The van der Waals surface area contributed by atoms with Crippen molar-refractivity contribution in [2.45, 2.75) is 6.04 Å². The van der Waals surface area contributed by atoms with Crippen LogP contribution < -0.4 is 5.32 Å². The van der Waals surface area contributed by atoms with Crippen LogP contribution in [0.15, 0.2) is 35.1 Å². The minimum Gasteiger partial charge on any atom is -0.336 e. The average molecular weight is 406 g/mol. The average Bonchev–Trinajstić information content (AvgIpc) is 2.71. The third-order valence-corrected chi connectivity index (χ3v) is 4.07. The van der Waals surface area contributed by atoms with Gasteiger partial charge in [0.2, 0.25) is 0 Å². The summed E-state index contributed by atoms with van der Waals surface area (Å²) in [6, 6.07) is 6.42. The minimum absolute atomic E-state index is 0.0964. The van der Waals surface area contributed by atoms with Gasteiger partial charge < -0.3 is 9.88 Å². The van der Waals surface area contributed by atoms with Crippen LogP contribution >= 0.6 is 38.5 Å². The molecule has 2 aromatic rings. The first-order valence-electron chi connectivity index (χ1n) is 5.23. The van der Waals surface area contributed by atoms with Gasteiger partial charge in [-0.25, -0.2) is 4.98 Å². The molecule has 1 aromatic heterocycles. The predicted octanol–water partition coefficient (Wildman–Crippen LogP) is 3.10. The van der Waals surface area contributed by atoms with E-state index in [-0.39, 0.29) is 6.04 Å². The Balaban J connectivity index is 2.49. The molecule has 17 heavy (non-hydrogen) atoms. The highest BCUT2D eigenvalue weighted by Gasteiger charge is 2.18. The van der Waals surface area contributed by atoms with E-state index in [1.54, 1.807) is 0 Å². The number of rotatable bonds is 3. The molecule has 0 saturated carbocycles. The van der Waals surface area contributed by atoms with Crippen LogP contribution in [-0.4, -0.2) is 16.6 Å². The highest BCUT2D eigenvalue weighted by atomic mass is 127. The monoisotopic (exact) mass is 405 g/mol. The van der Waals surface area contributed by atoms with Gasteiger partial charge >= 0.3 is 0 Å². The molecule has 0 amide bonds. The lowest BCUT2D eigenvalue weighted by Gasteiger charge is -2.18. The number of aryl methyl sites for hydroxylation is 1. The maximum Gasteiger partial charge on any atom is 0.130 e. The molecule has 0 aliphatic rings. The Labute approximate surface area is 123 Å². The van der Waals surface area contributed by atoms with Crippen LogP contribution in [-0.2, 0) is 7.05 Å². The molecule has 1 atom stereocenters. The fraction of sp³-hybridized carbons (Fsp3) is 0.250. The maximum absolute atomic E-state index is 4.41. The standard InChI is InChI=1S/C12H13BrIN3/c1-15-11(12-16-5-6-17(12)2)9-7-8(14)3-4-10(9)13/h3-7,11,15H,1-2H3. The van der Waals surface area contributed by atoms with E-state index in [1.807, 2.05) is 31.1 Å². The van der Waals surface area contributed by atoms with Crippen molar-refractivity contribution in [1.82, 2.24) is 14.9 Å². The number of nitrogens with zero attached hydrogens (tertiary/aromatic N) is 2. The van der Waals surface area contributed by atoms with Crippen LogP contribution in [0.3, 0.4) is 0 Å². The van der Waals surface area contributed by atoms with Crippen LogP contribution in [0.25, 0.3) is 0 Å². The van der Waals surface area contributed by atoms with Gasteiger partial charge in [0, 0.05) is 27.5 Å². The van der Waals surface area contributed by atoms with Gasteiger partial charge in [0.15, 0.2) is 0 Å². The zero-order valence-corrected chi connectivity index (χ0v) is 13.4. The van der Waals surface area contributed by atoms with Gasteiger partial charge in [-0.1, -0.05) is 15.9 Å². The van der Waals surface area contributed by atoms with Crippen molar-refractivity contribution in [2.24, 2.45) is 7.05 Å². The summed E-state index contributed by atoms with van der Waals surface area (Å²) >= 11 is 5.92. The van der Waals surface area contributed by atoms with Crippen molar-refractivity contribution >= 4 is 38.5 Å². The van der Waals surface area contributed by atoms with Gasteiger partial charge in [-0.05, 0) is 53.4 Å². The molecule has 90 valence electrons. The molecule has 1 unspecified atom stereocenters. The van der Waals surface area contributed by atoms with Gasteiger partial charge in [-0.2, -0.15) is 0 Å². The lowest BCUT2D eigenvalue weighted by Crippen LogP contribution is -2.21. The largest absolute Gasteiger partial charge is 0.336 e. The Bertz CT molecular complexity index is 524. The number of hydrogen-bond donors (Lipinski definition) is 1. The third kappa shape index (κ3) is 2.71. The molecule has 1 N–H and O–H groups in total. The molecule has 0 saturated heterocycles. The Hall–Kier alpha value is -0.400. The molecule has 0 spiro atoms. The van der Waals surface area contributed by atoms with Crippen molar-refractivity contribution in [3.8, 4) is 0 Å². The number of nitrogens with one attached hydrogen (secondary N) is 1. The first kappa shape index (κ1) is 13.0. The quantitative estimate of drug-likeness (QED) is 0.795. The molecule has 0 aliphatic heterocycles. The lowest BCUT2D eigenvalue weighted by atomic mass is 10.1. The Morgan fingerprint density at radius 2 is 2.24 bits per heavy atom. The van der Waals surface area contributed by atoms with E-state index in [4.69, 9.17) is 0 Å². The van der Waals surface area contributed by atoms with Crippen molar-refractivity contribution < 1.29 is 0 Å². The molecule has 0 aliphatic carbocycles. The summed E-state index contributed by atoms with van der Waals surface area (Å²) in [6.45, 7) is 0. The van der Waals surface area contributed by atoms with E-state index in [0.29, 0.717) is 0 Å². The van der Waals surface area contributed by atoms with Crippen LogP contribution in [0, 0.1) is 3.57 Å². The zero-order chi connectivity index (χ0) is 12.4. The minimum atomic E-state index is 0.0964. The van der Waals surface area contributed by atoms with Crippen molar-refractivity contribution in [3.05, 3.63) is 50.0 Å². The van der Waals surface area contributed by atoms with Crippen LogP contribution in [0.2, 0.25) is 0 Å². The summed E-state index contributed by atoms with van der Waals surface area (Å²) in [4.78, 5) is 4.41. The second-order valence-corrected chi connectivity index (χ2v) is 5.88. The number of aromatic nitrogens is 2. The molecule has 0 radical (unpaired) electrons. The second-order valence-electron chi connectivity index (χ2n) is 3.78. The van der Waals surface area contributed by atoms with Crippen LogP contribution in [0.4, 0.5) is 0 Å². The molecule has 0 bridgehead atoms. The molecule has 3 nitrogen and oxygen atoms in total. The third-order valence-electron chi connectivity index (χ3n) is 2.67. The smallest absolute Gasteiger partial charge is 0.130 e. The van der Waals surface area contributed by atoms with Gasteiger partial charge in [-0.15, -0.1) is 0 Å². The van der Waals surface area contributed by atoms with Crippen molar-refractivity contribution in [2.75, 3.05) is 7.05 Å². The highest BCUT2D eigenvalue weighted by molar-refractivity contribution is 14.1. The van der Waals surface area contributed by atoms with Crippen molar-refractivity contribution in [3.63, 3.8) is 0 Å². The topological polar surface area (TPSA) is 29.9 Å². The highest BCUT2D eigenvalue weighted by Crippen LogP contribution is 2.28. The number of imidazole rings is 1. The zero-order valence-electron chi connectivity index (χ0n) is 9.61. The molecule has 1 heterocycles. The fourth-order valence-electron chi connectivity index (χ4n) is 1.81. The van der Waals surface area contributed by atoms with E-state index in [1.165, 1.54) is 9.13 Å². The second kappa shape index (κ2) is 5.49. The normalized spacial score (nSPS) is 12.7. The summed E-state index contributed by atoms with van der Waals surface area (Å²) in [6.07, 6.45) is 3.78. The molecule has 2 rings (SSSR count). The van der Waals surface area contributed by atoms with E-state index in [9.17, 15) is 0 Å². The van der Waals surface area contributed by atoms with Crippen molar-refractivity contribution in [1.29, 1.82) is 0 Å². The molecular formula is C12H13BrIN3. The number of halogens is 2. The number of benzene rings is 1. The fourth-order valence-corrected chi connectivity index (χ4v) is 2.81. The molecule has 5 heteroatoms. The van der Waals surface area contributed by atoms with Crippen LogP contribution in [0.5, 0.6) is 0 Å². The summed E-state index contributed by atoms with van der Waals surface area (Å²) in [5.41, 5.74) is 1.20. The SMILES string of the molecule is CNC(c1cc(I)ccc1Br)c1nccn1C. The van der Waals surface area contributed by atoms with Gasteiger partial charge in [0.05, 0.1) is 6.04 Å². The van der Waals surface area contributed by atoms with Gasteiger partial charge in [0.25, 0.3) is 0 Å². The van der Waals surface area contributed by atoms with E-state index >= 15 is 0 Å². The molecule has 0 fully saturated rings. The Morgan fingerprint density at radius 3 is 2.82 bits per heavy atom. The van der Waals surface area contributed by atoms with Gasteiger partial charge in [0.1, 0.15) is 5.82 Å². The first-order valence-corrected chi connectivity index (χ1v) is 7.10. The van der Waals surface area contributed by atoms with E-state index < -0.39 is 0 Å². The molecule has 1 aromatic carbocycles. The summed E-state index contributed by atoms with van der Waals surface area (Å²) in [7, 11) is 3.96. The summed E-state index contributed by atoms with van der Waals surface area (Å²) < 4.78 is 4.35. The molecular weight excluding hydrogens is 393 g/mol. The van der Waals surface area contributed by atoms with Gasteiger partial charge in [-0.3, -0.25) is 0 Å². The van der Waals surface area contributed by atoms with E-state index in [2.05, 4.69) is 67.0 Å². The first-order chi connectivity index (χ1) is 8.13. The lowest BCUT2D eigenvalue weighted by molar-refractivity contribution is 0.615. The summed E-state index contributed by atoms with van der Waals surface area (Å²) in [5.74, 6) is 1.01. The number of hydrogen-bond acceptors (Lipinski definition) is 2. The maximum atomic E-state index is 4.41. The van der Waals surface area contributed by atoms with Crippen LogP contribution in [0.1, 0.15) is 17.4 Å². The Kier molecular flexibility index (Phi) is 4.22. The Morgan fingerprint density at radius 1 is 1.47 bits per heavy atom. The summed E-state index contributed by atoms with van der Waals surface area (Å²) in [5, 5.41) is 3.31.